The first kappa shape index (κ1) is 18.9. The van der Waals surface area contributed by atoms with E-state index in [1.54, 1.807) is 17.6 Å². The van der Waals surface area contributed by atoms with E-state index in [1.165, 1.54) is 4.88 Å². The zero-order valence-corrected chi connectivity index (χ0v) is 16.1. The molecule has 1 atom stereocenters. The van der Waals surface area contributed by atoms with Gasteiger partial charge in [0.25, 0.3) is 0 Å². The molecule has 0 aliphatic carbocycles. The molecule has 1 aliphatic rings. The van der Waals surface area contributed by atoms with E-state index in [9.17, 15) is 9.59 Å². The standard InChI is InChI=1S/C16H23BrN4O2S/c1-11-14(17)9-13(24-11)10-19-21-15(22)6-4-2-3-5-12-7-8-18-16(23)20-12/h9-10,12H,2-8H2,1H3,(H,21,22)(H2,18,20,23). The first-order valence-corrected chi connectivity index (χ1v) is 9.78. The highest BCUT2D eigenvalue weighted by Gasteiger charge is 2.16. The number of aryl methyl sites for hydroxylation is 1. The maximum absolute atomic E-state index is 11.7. The Kier molecular flexibility index (Phi) is 7.71. The Morgan fingerprint density at radius 2 is 2.33 bits per heavy atom. The monoisotopic (exact) mass is 414 g/mol. The Balaban J connectivity index is 1.54. The number of urea groups is 1. The number of thiophene rings is 1. The van der Waals surface area contributed by atoms with E-state index in [0.717, 1.165) is 48.0 Å². The summed E-state index contributed by atoms with van der Waals surface area (Å²) in [6.45, 7) is 2.77. The second-order valence-electron chi connectivity index (χ2n) is 5.83. The van der Waals surface area contributed by atoms with Crippen LogP contribution in [0, 0.1) is 6.92 Å². The van der Waals surface area contributed by atoms with Crippen molar-refractivity contribution >= 4 is 45.4 Å². The van der Waals surface area contributed by atoms with Crippen molar-refractivity contribution in [2.75, 3.05) is 6.54 Å². The largest absolute Gasteiger partial charge is 0.338 e. The smallest absolute Gasteiger partial charge is 0.315 e. The highest BCUT2D eigenvalue weighted by molar-refractivity contribution is 9.10. The van der Waals surface area contributed by atoms with Gasteiger partial charge in [-0.15, -0.1) is 11.3 Å². The summed E-state index contributed by atoms with van der Waals surface area (Å²) in [5.74, 6) is -0.0613. The average molecular weight is 415 g/mol. The van der Waals surface area contributed by atoms with Crippen molar-refractivity contribution in [2.24, 2.45) is 5.10 Å². The van der Waals surface area contributed by atoms with E-state index >= 15 is 0 Å². The van der Waals surface area contributed by atoms with E-state index in [4.69, 9.17) is 0 Å². The van der Waals surface area contributed by atoms with Gasteiger partial charge < -0.3 is 10.6 Å². The molecule has 1 aromatic heterocycles. The van der Waals surface area contributed by atoms with Gasteiger partial charge in [0, 0.05) is 33.2 Å². The molecule has 0 radical (unpaired) electrons. The third kappa shape index (κ3) is 6.60. The predicted octanol–water partition coefficient (Wildman–Crippen LogP) is 3.29. The summed E-state index contributed by atoms with van der Waals surface area (Å²) < 4.78 is 1.06. The number of nitrogens with one attached hydrogen (secondary N) is 3. The van der Waals surface area contributed by atoms with Crippen molar-refractivity contribution in [3.8, 4) is 0 Å². The van der Waals surface area contributed by atoms with Crippen LogP contribution >= 0.6 is 27.3 Å². The van der Waals surface area contributed by atoms with Crippen LogP contribution in [-0.4, -0.2) is 30.7 Å². The lowest BCUT2D eigenvalue weighted by atomic mass is 10.0. The van der Waals surface area contributed by atoms with Crippen LogP contribution in [0.3, 0.4) is 0 Å². The SMILES string of the molecule is Cc1sc(C=NNC(=O)CCCCCC2CCNC(=O)N2)cc1Br. The van der Waals surface area contributed by atoms with Crippen LogP contribution < -0.4 is 16.1 Å². The summed E-state index contributed by atoms with van der Waals surface area (Å²) in [6, 6.07) is 2.18. The van der Waals surface area contributed by atoms with Crippen LogP contribution in [0.5, 0.6) is 0 Å². The summed E-state index contributed by atoms with van der Waals surface area (Å²) in [5, 5.41) is 9.65. The summed E-state index contributed by atoms with van der Waals surface area (Å²) in [5.41, 5.74) is 2.56. The summed E-state index contributed by atoms with van der Waals surface area (Å²) in [7, 11) is 0. The summed E-state index contributed by atoms with van der Waals surface area (Å²) in [4.78, 5) is 25.1. The number of nitrogens with zero attached hydrogens (tertiary/aromatic N) is 1. The Morgan fingerprint density at radius 3 is 3.04 bits per heavy atom. The van der Waals surface area contributed by atoms with Crippen LogP contribution in [0.15, 0.2) is 15.6 Å². The van der Waals surface area contributed by atoms with Crippen molar-refractivity contribution in [2.45, 2.75) is 51.5 Å². The van der Waals surface area contributed by atoms with Crippen LogP contribution in [0.4, 0.5) is 4.79 Å². The molecule has 1 unspecified atom stereocenters. The van der Waals surface area contributed by atoms with Gasteiger partial charge >= 0.3 is 6.03 Å². The van der Waals surface area contributed by atoms with Gasteiger partial charge in [-0.3, -0.25) is 4.79 Å². The van der Waals surface area contributed by atoms with Gasteiger partial charge in [0.15, 0.2) is 0 Å². The fourth-order valence-corrected chi connectivity index (χ4v) is 3.94. The Morgan fingerprint density at radius 1 is 1.50 bits per heavy atom. The Hall–Kier alpha value is -1.41. The molecule has 0 saturated carbocycles. The van der Waals surface area contributed by atoms with Gasteiger partial charge in [0.05, 0.1) is 6.21 Å². The molecule has 2 heterocycles. The highest BCUT2D eigenvalue weighted by Crippen LogP contribution is 2.24. The van der Waals surface area contributed by atoms with Gasteiger partial charge in [-0.05, 0) is 48.2 Å². The van der Waals surface area contributed by atoms with E-state index in [0.29, 0.717) is 6.42 Å². The molecule has 0 bridgehead atoms. The zero-order chi connectivity index (χ0) is 17.4. The average Bonchev–Trinajstić information content (AvgIpc) is 2.85. The van der Waals surface area contributed by atoms with Crippen molar-refractivity contribution in [1.82, 2.24) is 16.1 Å². The van der Waals surface area contributed by atoms with Crippen molar-refractivity contribution in [3.05, 3.63) is 20.3 Å². The molecule has 2 rings (SSSR count). The van der Waals surface area contributed by atoms with Crippen LogP contribution in [0.1, 0.15) is 48.3 Å². The third-order valence-electron chi connectivity index (χ3n) is 3.83. The normalized spacial score (nSPS) is 17.6. The molecule has 3 amide bonds. The van der Waals surface area contributed by atoms with E-state index in [2.05, 4.69) is 37.1 Å². The number of amides is 3. The summed E-state index contributed by atoms with van der Waals surface area (Å²) >= 11 is 5.07. The molecule has 24 heavy (non-hydrogen) atoms. The lowest BCUT2D eigenvalue weighted by molar-refractivity contribution is -0.121. The van der Waals surface area contributed by atoms with Gasteiger partial charge in [-0.1, -0.05) is 12.8 Å². The fourth-order valence-electron chi connectivity index (χ4n) is 2.51. The topological polar surface area (TPSA) is 82.6 Å². The molecule has 0 aromatic carbocycles. The number of hydrazone groups is 1. The molecule has 8 heteroatoms. The number of carbonyl (C=O) groups is 2. The molecule has 1 saturated heterocycles. The molecule has 3 N–H and O–H groups in total. The number of hydrogen-bond acceptors (Lipinski definition) is 4. The first-order chi connectivity index (χ1) is 11.5. The van der Waals surface area contributed by atoms with Crippen molar-refractivity contribution < 1.29 is 9.59 Å². The quantitative estimate of drug-likeness (QED) is 0.346. The molecular weight excluding hydrogens is 392 g/mol. The number of rotatable bonds is 8. The maximum Gasteiger partial charge on any atom is 0.315 e. The molecule has 1 fully saturated rings. The van der Waals surface area contributed by atoms with Crippen LogP contribution in [0.2, 0.25) is 0 Å². The summed E-state index contributed by atoms with van der Waals surface area (Å²) in [6.07, 6.45) is 6.92. The molecule has 1 aromatic rings. The number of unbranched alkanes of at least 4 members (excludes halogenated alkanes) is 2. The van der Waals surface area contributed by atoms with E-state index < -0.39 is 0 Å². The van der Waals surface area contributed by atoms with Crippen LogP contribution in [-0.2, 0) is 4.79 Å². The minimum Gasteiger partial charge on any atom is -0.338 e. The number of halogens is 1. The minimum absolute atomic E-state index is 0.0613. The number of carbonyl (C=O) groups excluding carboxylic acids is 2. The first-order valence-electron chi connectivity index (χ1n) is 8.17. The third-order valence-corrected chi connectivity index (χ3v) is 5.90. The molecule has 132 valence electrons. The zero-order valence-electron chi connectivity index (χ0n) is 13.7. The van der Waals surface area contributed by atoms with E-state index in [1.807, 2.05) is 13.0 Å². The maximum atomic E-state index is 11.7. The Labute approximate surface area is 154 Å². The molecule has 1 aliphatic heterocycles. The van der Waals surface area contributed by atoms with Gasteiger partial charge in [0.1, 0.15) is 0 Å². The lowest BCUT2D eigenvalue weighted by Gasteiger charge is -2.24. The van der Waals surface area contributed by atoms with Crippen molar-refractivity contribution in [1.29, 1.82) is 0 Å². The molecular formula is C16H23BrN4O2S. The molecule has 6 nitrogen and oxygen atoms in total. The highest BCUT2D eigenvalue weighted by atomic mass is 79.9. The van der Waals surface area contributed by atoms with Gasteiger partial charge in [-0.25, -0.2) is 10.2 Å². The number of hydrogen-bond donors (Lipinski definition) is 3. The van der Waals surface area contributed by atoms with Crippen LogP contribution in [0.25, 0.3) is 0 Å². The fraction of sp³-hybridized carbons (Fsp3) is 0.562. The minimum atomic E-state index is -0.0727. The van der Waals surface area contributed by atoms with Gasteiger partial charge in [0.2, 0.25) is 5.91 Å². The van der Waals surface area contributed by atoms with Crippen molar-refractivity contribution in [3.63, 3.8) is 0 Å². The second-order valence-corrected chi connectivity index (χ2v) is 7.97. The van der Waals surface area contributed by atoms with Gasteiger partial charge in [-0.2, -0.15) is 5.10 Å². The second kappa shape index (κ2) is 9.78. The predicted molar refractivity (Wildman–Crippen MR) is 101 cm³/mol. The Bertz CT molecular complexity index is 583. The molecule has 0 spiro atoms. The lowest BCUT2D eigenvalue weighted by Crippen LogP contribution is -2.49. The van der Waals surface area contributed by atoms with E-state index in [-0.39, 0.29) is 18.0 Å².